The highest BCUT2D eigenvalue weighted by atomic mass is 16.2. The molecule has 0 unspecified atom stereocenters. The lowest BCUT2D eigenvalue weighted by molar-refractivity contribution is -0.136. The zero-order chi connectivity index (χ0) is 16.8. The van der Waals surface area contributed by atoms with Gasteiger partial charge in [0, 0.05) is 32.2 Å². The number of amides is 1. The minimum absolute atomic E-state index is 0.280. The van der Waals surface area contributed by atoms with Gasteiger partial charge in [-0.1, -0.05) is 37.6 Å². The Kier molecular flexibility index (Phi) is 6.60. The Bertz CT molecular complexity index is 515. The van der Waals surface area contributed by atoms with E-state index in [1.807, 2.05) is 4.90 Å². The molecule has 0 bridgehead atoms. The summed E-state index contributed by atoms with van der Waals surface area (Å²) in [6.07, 6.45) is 2.25. The van der Waals surface area contributed by atoms with Crippen molar-refractivity contribution in [3.8, 4) is 0 Å². The molecule has 1 atom stereocenters. The maximum absolute atomic E-state index is 12.2. The van der Waals surface area contributed by atoms with Crippen LogP contribution in [-0.2, 0) is 11.3 Å². The molecule has 23 heavy (non-hydrogen) atoms. The standard InChI is InChI=1S/C19H31N3O/c1-5-6-10-22-12-11-21(15-19(22)23)14-17-8-7-9-18(13-17)16(2)20(3)4/h7-9,13,16H,5-6,10-12,14-15H2,1-4H3/t16-/m0/s1. The van der Waals surface area contributed by atoms with E-state index in [-0.39, 0.29) is 5.91 Å². The molecular formula is C19H31N3O. The monoisotopic (exact) mass is 317 g/mol. The maximum atomic E-state index is 12.2. The molecule has 0 saturated carbocycles. The van der Waals surface area contributed by atoms with Crippen molar-refractivity contribution < 1.29 is 4.79 Å². The maximum Gasteiger partial charge on any atom is 0.236 e. The molecule has 128 valence electrons. The molecule has 1 aromatic carbocycles. The quantitative estimate of drug-likeness (QED) is 0.774. The van der Waals surface area contributed by atoms with Crippen LogP contribution in [-0.4, -0.2) is 60.9 Å². The number of rotatable bonds is 7. The summed E-state index contributed by atoms with van der Waals surface area (Å²) in [6, 6.07) is 9.16. The van der Waals surface area contributed by atoms with Crippen LogP contribution in [0.25, 0.3) is 0 Å². The van der Waals surface area contributed by atoms with Crippen molar-refractivity contribution in [2.24, 2.45) is 0 Å². The van der Waals surface area contributed by atoms with Gasteiger partial charge < -0.3 is 9.80 Å². The fourth-order valence-corrected chi connectivity index (χ4v) is 2.99. The highest BCUT2D eigenvalue weighted by Crippen LogP contribution is 2.19. The first-order valence-corrected chi connectivity index (χ1v) is 8.76. The number of hydrogen-bond acceptors (Lipinski definition) is 3. The Morgan fingerprint density at radius 1 is 1.26 bits per heavy atom. The zero-order valence-electron chi connectivity index (χ0n) is 15.1. The smallest absolute Gasteiger partial charge is 0.236 e. The summed E-state index contributed by atoms with van der Waals surface area (Å²) < 4.78 is 0. The van der Waals surface area contributed by atoms with E-state index in [4.69, 9.17) is 0 Å². The fourth-order valence-electron chi connectivity index (χ4n) is 2.99. The number of hydrogen-bond donors (Lipinski definition) is 0. The zero-order valence-corrected chi connectivity index (χ0v) is 15.1. The third-order valence-electron chi connectivity index (χ3n) is 4.79. The van der Waals surface area contributed by atoms with E-state index in [9.17, 15) is 4.79 Å². The summed E-state index contributed by atoms with van der Waals surface area (Å²) in [4.78, 5) is 18.7. The van der Waals surface area contributed by atoms with Crippen LogP contribution < -0.4 is 0 Å². The van der Waals surface area contributed by atoms with E-state index >= 15 is 0 Å². The fraction of sp³-hybridized carbons (Fsp3) is 0.632. The van der Waals surface area contributed by atoms with Gasteiger partial charge in [-0.05, 0) is 38.6 Å². The van der Waals surface area contributed by atoms with Gasteiger partial charge in [0.2, 0.25) is 5.91 Å². The predicted molar refractivity (Wildman–Crippen MR) is 95.3 cm³/mol. The van der Waals surface area contributed by atoms with Crippen LogP contribution in [0.4, 0.5) is 0 Å². The van der Waals surface area contributed by atoms with Gasteiger partial charge in [0.15, 0.2) is 0 Å². The Morgan fingerprint density at radius 3 is 2.70 bits per heavy atom. The number of nitrogens with zero attached hydrogens (tertiary/aromatic N) is 3. The first-order chi connectivity index (χ1) is 11.0. The first kappa shape index (κ1) is 18.0. The normalized spacial score (nSPS) is 17.8. The van der Waals surface area contributed by atoms with Gasteiger partial charge in [0.1, 0.15) is 0 Å². The van der Waals surface area contributed by atoms with Crippen LogP contribution in [0.5, 0.6) is 0 Å². The minimum atomic E-state index is 0.280. The summed E-state index contributed by atoms with van der Waals surface area (Å²) in [7, 11) is 4.21. The molecule has 0 radical (unpaired) electrons. The molecule has 0 N–H and O–H groups in total. The van der Waals surface area contributed by atoms with Crippen LogP contribution in [0.3, 0.4) is 0 Å². The second-order valence-corrected chi connectivity index (χ2v) is 6.83. The Hall–Kier alpha value is -1.39. The molecule has 0 spiro atoms. The largest absolute Gasteiger partial charge is 0.340 e. The van der Waals surface area contributed by atoms with Crippen LogP contribution in [0.15, 0.2) is 24.3 Å². The molecular weight excluding hydrogens is 286 g/mol. The third kappa shape index (κ3) is 5.05. The molecule has 1 amide bonds. The summed E-state index contributed by atoms with van der Waals surface area (Å²) >= 11 is 0. The van der Waals surface area contributed by atoms with Gasteiger partial charge in [-0.3, -0.25) is 9.69 Å². The van der Waals surface area contributed by atoms with Crippen LogP contribution in [0, 0.1) is 0 Å². The van der Waals surface area contributed by atoms with E-state index < -0.39 is 0 Å². The molecule has 4 nitrogen and oxygen atoms in total. The van der Waals surface area contributed by atoms with Gasteiger partial charge in [-0.2, -0.15) is 0 Å². The average Bonchev–Trinajstić information content (AvgIpc) is 2.53. The van der Waals surface area contributed by atoms with Crippen molar-refractivity contribution in [1.29, 1.82) is 0 Å². The lowest BCUT2D eigenvalue weighted by atomic mass is 10.0. The summed E-state index contributed by atoms with van der Waals surface area (Å²) in [5, 5.41) is 0. The Morgan fingerprint density at radius 2 is 2.04 bits per heavy atom. The number of piperazine rings is 1. The van der Waals surface area contributed by atoms with Crippen LogP contribution in [0.1, 0.15) is 43.9 Å². The molecule has 1 aliphatic rings. The van der Waals surface area contributed by atoms with Crippen molar-refractivity contribution in [2.75, 3.05) is 40.3 Å². The molecule has 0 aromatic heterocycles. The summed E-state index contributed by atoms with van der Waals surface area (Å²) in [5.74, 6) is 0.280. The molecule has 1 fully saturated rings. The van der Waals surface area contributed by atoms with Crippen LogP contribution >= 0.6 is 0 Å². The van der Waals surface area contributed by atoms with Gasteiger partial charge in [0.25, 0.3) is 0 Å². The van der Waals surface area contributed by atoms with Crippen molar-refractivity contribution in [2.45, 2.75) is 39.3 Å². The number of benzene rings is 1. The highest BCUT2D eigenvalue weighted by Gasteiger charge is 2.23. The number of carbonyl (C=O) groups is 1. The van der Waals surface area contributed by atoms with Crippen molar-refractivity contribution in [3.05, 3.63) is 35.4 Å². The molecule has 1 saturated heterocycles. The number of carbonyl (C=O) groups excluding carboxylic acids is 1. The molecule has 0 aliphatic carbocycles. The summed E-state index contributed by atoms with van der Waals surface area (Å²) in [5.41, 5.74) is 2.63. The van der Waals surface area contributed by atoms with Crippen molar-refractivity contribution >= 4 is 5.91 Å². The molecule has 2 rings (SSSR count). The SMILES string of the molecule is CCCCN1CCN(Cc2cccc([C@H](C)N(C)C)c2)CC1=O. The molecule has 4 heteroatoms. The molecule has 1 aromatic rings. The second-order valence-electron chi connectivity index (χ2n) is 6.83. The van der Waals surface area contributed by atoms with E-state index in [0.29, 0.717) is 12.6 Å². The van der Waals surface area contributed by atoms with Gasteiger partial charge in [-0.25, -0.2) is 0 Å². The van der Waals surface area contributed by atoms with Gasteiger partial charge >= 0.3 is 0 Å². The Labute approximate surface area is 141 Å². The predicted octanol–water partition coefficient (Wildman–Crippen LogP) is 2.75. The Balaban J connectivity index is 1.93. The highest BCUT2D eigenvalue weighted by molar-refractivity contribution is 5.79. The summed E-state index contributed by atoms with van der Waals surface area (Å²) in [6.45, 7) is 8.56. The topological polar surface area (TPSA) is 26.8 Å². The van der Waals surface area contributed by atoms with E-state index in [1.54, 1.807) is 0 Å². The molecule has 1 aliphatic heterocycles. The van der Waals surface area contributed by atoms with E-state index in [1.165, 1.54) is 11.1 Å². The van der Waals surface area contributed by atoms with Gasteiger partial charge in [0.05, 0.1) is 6.54 Å². The third-order valence-corrected chi connectivity index (χ3v) is 4.79. The average molecular weight is 317 g/mol. The van der Waals surface area contributed by atoms with Crippen molar-refractivity contribution in [3.63, 3.8) is 0 Å². The second kappa shape index (κ2) is 8.46. The van der Waals surface area contributed by atoms with E-state index in [2.05, 4.69) is 62.0 Å². The van der Waals surface area contributed by atoms with Crippen LogP contribution in [0.2, 0.25) is 0 Å². The van der Waals surface area contributed by atoms with E-state index in [0.717, 1.165) is 39.0 Å². The van der Waals surface area contributed by atoms with Gasteiger partial charge in [-0.15, -0.1) is 0 Å². The minimum Gasteiger partial charge on any atom is -0.340 e. The lowest BCUT2D eigenvalue weighted by Gasteiger charge is -2.34. The number of unbranched alkanes of at least 4 members (excludes halogenated alkanes) is 1. The molecule has 1 heterocycles. The van der Waals surface area contributed by atoms with Crippen molar-refractivity contribution in [1.82, 2.24) is 14.7 Å². The lowest BCUT2D eigenvalue weighted by Crippen LogP contribution is -2.50. The first-order valence-electron chi connectivity index (χ1n) is 8.76.